The third-order valence-corrected chi connectivity index (χ3v) is 4.44. The molecule has 23 heavy (non-hydrogen) atoms. The summed E-state index contributed by atoms with van der Waals surface area (Å²) in [7, 11) is 3.15. The lowest BCUT2D eigenvalue weighted by Gasteiger charge is -2.33. The second-order valence-corrected chi connectivity index (χ2v) is 5.69. The number of hydrogen-bond donors (Lipinski definition) is 0. The van der Waals surface area contributed by atoms with Crippen molar-refractivity contribution in [2.24, 2.45) is 0 Å². The van der Waals surface area contributed by atoms with Gasteiger partial charge in [0.1, 0.15) is 17.1 Å². The van der Waals surface area contributed by atoms with Crippen LogP contribution < -0.4 is 9.47 Å². The molecule has 0 atom stereocenters. The Morgan fingerprint density at radius 3 is 2.09 bits per heavy atom. The summed E-state index contributed by atoms with van der Waals surface area (Å²) in [4.78, 5) is 14.8. The Bertz CT molecular complexity index is 637. The Kier molecular flexibility index (Phi) is 4.55. The van der Waals surface area contributed by atoms with Gasteiger partial charge >= 0.3 is 0 Å². The maximum absolute atomic E-state index is 12.9. The van der Waals surface area contributed by atoms with E-state index in [4.69, 9.17) is 9.47 Å². The summed E-state index contributed by atoms with van der Waals surface area (Å²) in [6, 6.07) is 9.96. The summed E-state index contributed by atoms with van der Waals surface area (Å²) in [5.41, 5.74) is 0.511. The molecule has 1 amide bonds. The first kappa shape index (κ1) is 15.5. The highest BCUT2D eigenvalue weighted by Crippen LogP contribution is 2.31. The van der Waals surface area contributed by atoms with Crippen LogP contribution in [-0.2, 0) is 0 Å². The number of nitrogens with zero attached hydrogens (tertiary/aromatic N) is 2. The summed E-state index contributed by atoms with van der Waals surface area (Å²) in [6.07, 6.45) is 6.09. The number of carbonyl (C=O) groups is 1. The first-order valence-electron chi connectivity index (χ1n) is 7.87. The molecule has 1 aliphatic rings. The molecule has 0 aliphatic carbocycles. The van der Waals surface area contributed by atoms with Gasteiger partial charge < -0.3 is 18.9 Å². The van der Waals surface area contributed by atoms with Crippen molar-refractivity contribution < 1.29 is 14.3 Å². The molecule has 0 N–H and O–H groups in total. The van der Waals surface area contributed by atoms with Crippen molar-refractivity contribution in [2.45, 2.75) is 18.9 Å². The number of benzene rings is 1. The molecule has 0 bridgehead atoms. The van der Waals surface area contributed by atoms with Crippen molar-refractivity contribution in [3.63, 3.8) is 0 Å². The van der Waals surface area contributed by atoms with Gasteiger partial charge in [0.2, 0.25) is 0 Å². The van der Waals surface area contributed by atoms with E-state index in [1.54, 1.807) is 26.4 Å². The standard InChI is InChI=1S/C18H22N2O3/c1-22-15-6-5-7-16(23-2)17(15)18(21)20-12-8-14(9-13-20)19-10-3-4-11-19/h3-7,10-11,14H,8-9,12-13H2,1-2H3. The van der Waals surface area contributed by atoms with E-state index in [2.05, 4.69) is 17.0 Å². The Morgan fingerprint density at radius 2 is 1.57 bits per heavy atom. The fraction of sp³-hybridized carbons (Fsp3) is 0.389. The molecule has 1 aromatic carbocycles. The van der Waals surface area contributed by atoms with Crippen molar-refractivity contribution in [2.75, 3.05) is 27.3 Å². The number of rotatable bonds is 4. The van der Waals surface area contributed by atoms with Gasteiger partial charge in [-0.1, -0.05) is 6.07 Å². The van der Waals surface area contributed by atoms with E-state index in [9.17, 15) is 4.79 Å². The SMILES string of the molecule is COc1cccc(OC)c1C(=O)N1CCC(n2cccc2)CC1. The minimum absolute atomic E-state index is 0.0229. The van der Waals surface area contributed by atoms with Crippen LogP contribution in [0, 0.1) is 0 Å². The third-order valence-electron chi connectivity index (χ3n) is 4.44. The maximum Gasteiger partial charge on any atom is 0.261 e. The molecule has 0 spiro atoms. The highest BCUT2D eigenvalue weighted by Gasteiger charge is 2.28. The molecule has 0 unspecified atom stereocenters. The van der Waals surface area contributed by atoms with Crippen molar-refractivity contribution in [3.8, 4) is 11.5 Å². The zero-order valence-electron chi connectivity index (χ0n) is 13.6. The largest absolute Gasteiger partial charge is 0.496 e. The van der Waals surface area contributed by atoms with Crippen LogP contribution in [0.5, 0.6) is 11.5 Å². The van der Waals surface area contributed by atoms with Crippen molar-refractivity contribution in [3.05, 3.63) is 48.3 Å². The molecule has 5 heteroatoms. The van der Waals surface area contributed by atoms with E-state index in [0.29, 0.717) is 23.1 Å². The molecule has 2 heterocycles. The van der Waals surface area contributed by atoms with Gasteiger partial charge in [-0.05, 0) is 37.1 Å². The molecule has 1 aromatic heterocycles. The zero-order chi connectivity index (χ0) is 16.2. The van der Waals surface area contributed by atoms with Crippen LogP contribution in [0.15, 0.2) is 42.7 Å². The second-order valence-electron chi connectivity index (χ2n) is 5.69. The van der Waals surface area contributed by atoms with Crippen molar-refractivity contribution >= 4 is 5.91 Å². The molecule has 2 aromatic rings. The lowest BCUT2D eigenvalue weighted by atomic mass is 10.0. The first-order valence-corrected chi connectivity index (χ1v) is 7.87. The fourth-order valence-corrected chi connectivity index (χ4v) is 3.18. The molecule has 1 aliphatic heterocycles. The number of methoxy groups -OCH3 is 2. The van der Waals surface area contributed by atoms with Gasteiger partial charge in [0.05, 0.1) is 14.2 Å². The normalized spacial score (nSPS) is 15.5. The Hall–Kier alpha value is -2.43. The van der Waals surface area contributed by atoms with E-state index in [1.165, 1.54) is 0 Å². The monoisotopic (exact) mass is 314 g/mol. The minimum Gasteiger partial charge on any atom is -0.496 e. The molecule has 5 nitrogen and oxygen atoms in total. The smallest absolute Gasteiger partial charge is 0.261 e. The van der Waals surface area contributed by atoms with Gasteiger partial charge in [-0.2, -0.15) is 0 Å². The summed E-state index contributed by atoms with van der Waals surface area (Å²) in [5, 5.41) is 0. The van der Waals surface area contributed by atoms with Crippen LogP contribution >= 0.6 is 0 Å². The van der Waals surface area contributed by atoms with Gasteiger partial charge in [-0.3, -0.25) is 4.79 Å². The maximum atomic E-state index is 12.9. The number of hydrogen-bond acceptors (Lipinski definition) is 3. The predicted octanol–water partition coefficient (Wildman–Crippen LogP) is 2.98. The number of piperidine rings is 1. The molecule has 1 fully saturated rings. The fourth-order valence-electron chi connectivity index (χ4n) is 3.18. The topological polar surface area (TPSA) is 43.7 Å². The molecule has 0 saturated carbocycles. The number of aromatic nitrogens is 1. The first-order chi connectivity index (χ1) is 11.2. The van der Waals surface area contributed by atoms with Crippen LogP contribution in [0.2, 0.25) is 0 Å². The highest BCUT2D eigenvalue weighted by atomic mass is 16.5. The van der Waals surface area contributed by atoms with E-state index in [-0.39, 0.29) is 5.91 Å². The number of amides is 1. The number of carbonyl (C=O) groups excluding carboxylic acids is 1. The second kappa shape index (κ2) is 6.77. The van der Waals surface area contributed by atoms with E-state index < -0.39 is 0 Å². The van der Waals surface area contributed by atoms with E-state index in [0.717, 1.165) is 25.9 Å². The lowest BCUT2D eigenvalue weighted by molar-refractivity contribution is 0.0688. The van der Waals surface area contributed by atoms with Crippen molar-refractivity contribution in [1.82, 2.24) is 9.47 Å². The minimum atomic E-state index is -0.0229. The quantitative estimate of drug-likeness (QED) is 0.871. The Labute approximate surface area is 136 Å². The lowest BCUT2D eigenvalue weighted by Crippen LogP contribution is -2.39. The van der Waals surface area contributed by atoms with Crippen LogP contribution in [-0.4, -0.2) is 42.7 Å². The van der Waals surface area contributed by atoms with Crippen LogP contribution in [0.1, 0.15) is 29.2 Å². The van der Waals surface area contributed by atoms with E-state index in [1.807, 2.05) is 23.1 Å². The predicted molar refractivity (Wildman–Crippen MR) is 88.2 cm³/mol. The molecule has 0 radical (unpaired) electrons. The molecule has 3 rings (SSSR count). The molecular formula is C18H22N2O3. The van der Waals surface area contributed by atoms with Crippen LogP contribution in [0.4, 0.5) is 0 Å². The molecular weight excluding hydrogens is 292 g/mol. The van der Waals surface area contributed by atoms with Gasteiger partial charge in [0.15, 0.2) is 0 Å². The molecule has 122 valence electrons. The number of ether oxygens (including phenoxy) is 2. The van der Waals surface area contributed by atoms with Gasteiger partial charge in [-0.15, -0.1) is 0 Å². The zero-order valence-corrected chi connectivity index (χ0v) is 13.6. The van der Waals surface area contributed by atoms with E-state index >= 15 is 0 Å². The average molecular weight is 314 g/mol. The summed E-state index contributed by atoms with van der Waals surface area (Å²) in [5.74, 6) is 1.09. The van der Waals surface area contributed by atoms with Crippen LogP contribution in [0.3, 0.4) is 0 Å². The summed E-state index contributed by atoms with van der Waals surface area (Å²) >= 11 is 0. The molecule has 1 saturated heterocycles. The Morgan fingerprint density at radius 1 is 1.00 bits per heavy atom. The van der Waals surface area contributed by atoms with Gasteiger partial charge in [0, 0.05) is 31.5 Å². The summed E-state index contributed by atoms with van der Waals surface area (Å²) in [6.45, 7) is 1.48. The Balaban J connectivity index is 1.75. The third kappa shape index (κ3) is 3.04. The average Bonchev–Trinajstić information content (AvgIpc) is 3.15. The van der Waals surface area contributed by atoms with Gasteiger partial charge in [0.25, 0.3) is 5.91 Å². The highest BCUT2D eigenvalue weighted by molar-refractivity contribution is 5.99. The van der Waals surface area contributed by atoms with Crippen molar-refractivity contribution in [1.29, 1.82) is 0 Å². The van der Waals surface area contributed by atoms with Gasteiger partial charge in [-0.25, -0.2) is 0 Å². The number of likely N-dealkylation sites (tertiary alicyclic amines) is 1. The summed E-state index contributed by atoms with van der Waals surface area (Å²) < 4.78 is 12.9. The van der Waals surface area contributed by atoms with Crippen LogP contribution in [0.25, 0.3) is 0 Å².